The SMILES string of the molecule is CCOc1cc(Br)ccc1C=O. The second-order valence-electron chi connectivity index (χ2n) is 2.23. The van der Waals surface area contributed by atoms with Gasteiger partial charge in [-0.05, 0) is 25.1 Å². The van der Waals surface area contributed by atoms with Crippen LogP contribution in [0.1, 0.15) is 17.3 Å². The summed E-state index contributed by atoms with van der Waals surface area (Å²) in [5, 5.41) is 0. The molecule has 0 aromatic heterocycles. The molecule has 0 radical (unpaired) electrons. The van der Waals surface area contributed by atoms with E-state index < -0.39 is 0 Å². The minimum Gasteiger partial charge on any atom is -0.493 e. The van der Waals surface area contributed by atoms with Crippen LogP contribution >= 0.6 is 15.9 Å². The molecule has 0 N–H and O–H groups in total. The van der Waals surface area contributed by atoms with Gasteiger partial charge in [-0.25, -0.2) is 0 Å². The van der Waals surface area contributed by atoms with Crippen molar-refractivity contribution >= 4 is 22.2 Å². The van der Waals surface area contributed by atoms with Gasteiger partial charge in [-0.3, -0.25) is 4.79 Å². The summed E-state index contributed by atoms with van der Waals surface area (Å²) < 4.78 is 6.16. The van der Waals surface area contributed by atoms with Crippen molar-refractivity contribution in [2.75, 3.05) is 6.61 Å². The zero-order chi connectivity index (χ0) is 8.97. The first-order valence-corrected chi connectivity index (χ1v) is 4.44. The molecule has 0 fully saturated rings. The fourth-order valence-electron chi connectivity index (χ4n) is 0.886. The minimum atomic E-state index is 0.567. The molecular formula is C9H9BrO2. The second-order valence-corrected chi connectivity index (χ2v) is 3.15. The fraction of sp³-hybridized carbons (Fsp3) is 0.222. The van der Waals surface area contributed by atoms with E-state index in [9.17, 15) is 4.79 Å². The number of aldehydes is 1. The van der Waals surface area contributed by atoms with Gasteiger partial charge in [-0.15, -0.1) is 0 Å². The van der Waals surface area contributed by atoms with Gasteiger partial charge in [-0.1, -0.05) is 15.9 Å². The zero-order valence-corrected chi connectivity index (χ0v) is 8.30. The van der Waals surface area contributed by atoms with Gasteiger partial charge in [0, 0.05) is 4.47 Å². The first kappa shape index (κ1) is 9.26. The Hall–Kier alpha value is -0.830. The van der Waals surface area contributed by atoms with E-state index in [1.165, 1.54) is 0 Å². The third-order valence-electron chi connectivity index (χ3n) is 1.40. The lowest BCUT2D eigenvalue weighted by Gasteiger charge is -2.05. The Morgan fingerprint density at radius 2 is 2.33 bits per heavy atom. The van der Waals surface area contributed by atoms with Gasteiger partial charge in [-0.2, -0.15) is 0 Å². The van der Waals surface area contributed by atoms with Crippen molar-refractivity contribution in [3.05, 3.63) is 28.2 Å². The molecule has 3 heteroatoms. The average Bonchev–Trinajstić information content (AvgIpc) is 2.05. The van der Waals surface area contributed by atoms with E-state index in [0.717, 1.165) is 10.8 Å². The number of halogens is 1. The predicted octanol–water partition coefficient (Wildman–Crippen LogP) is 2.66. The maximum absolute atomic E-state index is 10.5. The van der Waals surface area contributed by atoms with E-state index in [1.807, 2.05) is 13.0 Å². The Morgan fingerprint density at radius 3 is 2.92 bits per heavy atom. The lowest BCUT2D eigenvalue weighted by molar-refractivity contribution is 0.112. The third-order valence-corrected chi connectivity index (χ3v) is 1.90. The first-order chi connectivity index (χ1) is 5.77. The highest BCUT2D eigenvalue weighted by Gasteiger charge is 2.01. The molecule has 0 amide bonds. The summed E-state index contributed by atoms with van der Waals surface area (Å²) in [5.74, 6) is 0.627. The number of carbonyl (C=O) groups excluding carboxylic acids is 1. The number of rotatable bonds is 3. The molecule has 0 bridgehead atoms. The van der Waals surface area contributed by atoms with Crippen LogP contribution in [0.15, 0.2) is 22.7 Å². The Kier molecular flexibility index (Phi) is 3.29. The summed E-state index contributed by atoms with van der Waals surface area (Å²) in [7, 11) is 0. The highest BCUT2D eigenvalue weighted by molar-refractivity contribution is 9.10. The topological polar surface area (TPSA) is 26.3 Å². The van der Waals surface area contributed by atoms with Crippen LogP contribution in [0.5, 0.6) is 5.75 Å². The number of ether oxygens (including phenoxy) is 1. The molecule has 0 saturated carbocycles. The van der Waals surface area contributed by atoms with Gasteiger partial charge in [0.1, 0.15) is 5.75 Å². The Labute approximate surface area is 79.7 Å². The van der Waals surface area contributed by atoms with Gasteiger partial charge in [0.05, 0.1) is 12.2 Å². The van der Waals surface area contributed by atoms with Crippen molar-refractivity contribution in [2.24, 2.45) is 0 Å². The van der Waals surface area contributed by atoms with Crippen molar-refractivity contribution < 1.29 is 9.53 Å². The summed E-state index contributed by atoms with van der Waals surface area (Å²) in [6.45, 7) is 2.45. The molecule has 0 heterocycles. The van der Waals surface area contributed by atoms with Crippen LogP contribution in [0.2, 0.25) is 0 Å². The van der Waals surface area contributed by atoms with Gasteiger partial charge >= 0.3 is 0 Å². The van der Waals surface area contributed by atoms with Crippen molar-refractivity contribution in [1.29, 1.82) is 0 Å². The maximum Gasteiger partial charge on any atom is 0.153 e. The third kappa shape index (κ3) is 2.08. The van der Waals surface area contributed by atoms with Gasteiger partial charge in [0.15, 0.2) is 6.29 Å². The Balaban J connectivity index is 3.03. The van der Waals surface area contributed by atoms with E-state index in [2.05, 4.69) is 15.9 Å². The molecule has 0 unspecified atom stereocenters. The Morgan fingerprint density at radius 1 is 1.58 bits per heavy atom. The van der Waals surface area contributed by atoms with Crippen molar-refractivity contribution in [3.8, 4) is 5.75 Å². The van der Waals surface area contributed by atoms with Crippen LogP contribution in [0.4, 0.5) is 0 Å². The molecule has 12 heavy (non-hydrogen) atoms. The molecule has 64 valence electrons. The van der Waals surface area contributed by atoms with Gasteiger partial charge < -0.3 is 4.74 Å². The molecule has 1 aromatic carbocycles. The van der Waals surface area contributed by atoms with E-state index in [4.69, 9.17) is 4.74 Å². The molecule has 2 nitrogen and oxygen atoms in total. The molecule has 0 aliphatic heterocycles. The van der Waals surface area contributed by atoms with Crippen molar-refractivity contribution in [3.63, 3.8) is 0 Å². The second kappa shape index (κ2) is 4.26. The van der Waals surface area contributed by atoms with Crippen molar-refractivity contribution in [1.82, 2.24) is 0 Å². The lowest BCUT2D eigenvalue weighted by Crippen LogP contribution is -1.95. The van der Waals surface area contributed by atoms with E-state index >= 15 is 0 Å². The fourth-order valence-corrected chi connectivity index (χ4v) is 1.23. The van der Waals surface area contributed by atoms with Crippen molar-refractivity contribution in [2.45, 2.75) is 6.92 Å². The van der Waals surface area contributed by atoms with E-state index in [0.29, 0.717) is 17.9 Å². The summed E-state index contributed by atoms with van der Waals surface area (Å²) in [5.41, 5.74) is 0.583. The molecule has 1 aromatic rings. The summed E-state index contributed by atoms with van der Waals surface area (Å²) in [6.07, 6.45) is 0.789. The van der Waals surface area contributed by atoms with Crippen LogP contribution in [0, 0.1) is 0 Å². The smallest absolute Gasteiger partial charge is 0.153 e. The normalized spacial score (nSPS) is 9.50. The monoisotopic (exact) mass is 228 g/mol. The molecule has 0 aliphatic rings. The van der Waals surface area contributed by atoms with Crippen LogP contribution in [-0.4, -0.2) is 12.9 Å². The Bertz CT molecular complexity index is 284. The lowest BCUT2D eigenvalue weighted by atomic mass is 10.2. The highest BCUT2D eigenvalue weighted by Crippen LogP contribution is 2.22. The highest BCUT2D eigenvalue weighted by atomic mass is 79.9. The first-order valence-electron chi connectivity index (χ1n) is 3.65. The number of hydrogen-bond donors (Lipinski definition) is 0. The van der Waals surface area contributed by atoms with Crippen LogP contribution in [0.25, 0.3) is 0 Å². The van der Waals surface area contributed by atoms with Crippen LogP contribution in [-0.2, 0) is 0 Å². The molecule has 0 saturated heterocycles. The molecule has 0 atom stereocenters. The average molecular weight is 229 g/mol. The van der Waals surface area contributed by atoms with Crippen LogP contribution < -0.4 is 4.74 Å². The standard InChI is InChI=1S/C9H9BrO2/c1-2-12-9-5-8(10)4-3-7(9)6-11/h3-6H,2H2,1H3. The number of benzene rings is 1. The minimum absolute atomic E-state index is 0.567. The van der Waals surface area contributed by atoms with Crippen LogP contribution in [0.3, 0.4) is 0 Å². The molecule has 0 aliphatic carbocycles. The maximum atomic E-state index is 10.5. The number of hydrogen-bond acceptors (Lipinski definition) is 2. The van der Waals surface area contributed by atoms with Gasteiger partial charge in [0.25, 0.3) is 0 Å². The predicted molar refractivity (Wildman–Crippen MR) is 50.7 cm³/mol. The summed E-state index contributed by atoms with van der Waals surface area (Å²) >= 11 is 3.30. The molecule has 1 rings (SSSR count). The largest absolute Gasteiger partial charge is 0.493 e. The number of carbonyl (C=O) groups is 1. The summed E-state index contributed by atoms with van der Waals surface area (Å²) in [4.78, 5) is 10.5. The summed E-state index contributed by atoms with van der Waals surface area (Å²) in [6, 6.07) is 5.32. The molecule has 0 spiro atoms. The van der Waals surface area contributed by atoms with E-state index in [-0.39, 0.29) is 0 Å². The zero-order valence-electron chi connectivity index (χ0n) is 6.71. The van der Waals surface area contributed by atoms with Gasteiger partial charge in [0.2, 0.25) is 0 Å². The quantitative estimate of drug-likeness (QED) is 0.744. The van der Waals surface area contributed by atoms with E-state index in [1.54, 1.807) is 12.1 Å². The molecular weight excluding hydrogens is 220 g/mol.